The summed E-state index contributed by atoms with van der Waals surface area (Å²) in [7, 11) is 0. The van der Waals surface area contributed by atoms with Crippen molar-refractivity contribution in [2.24, 2.45) is 0 Å². The number of thiocarbonyl (C=S) groups is 1. The number of amides is 1. The average Bonchev–Trinajstić information content (AvgIpc) is 2.77. The van der Waals surface area contributed by atoms with E-state index in [1.165, 1.54) is 6.08 Å². The van der Waals surface area contributed by atoms with Crippen LogP contribution in [0.2, 0.25) is 5.02 Å². The van der Waals surface area contributed by atoms with Gasteiger partial charge in [0.25, 0.3) is 5.91 Å². The molecule has 9 heteroatoms. The Morgan fingerprint density at radius 3 is 2.58 bits per heavy atom. The second kappa shape index (κ2) is 7.78. The van der Waals surface area contributed by atoms with E-state index in [0.717, 1.165) is 16.7 Å². The van der Waals surface area contributed by atoms with E-state index in [4.69, 9.17) is 28.9 Å². The van der Waals surface area contributed by atoms with Crippen LogP contribution in [0.4, 0.5) is 0 Å². The number of rotatable bonds is 6. The second-order valence-electron chi connectivity index (χ2n) is 4.86. The molecule has 0 bridgehead atoms. The van der Waals surface area contributed by atoms with Gasteiger partial charge in [-0.1, -0.05) is 53.8 Å². The van der Waals surface area contributed by atoms with Gasteiger partial charge in [-0.25, -0.2) is 4.79 Å². The standard InChI is InChI=1S/C15H12ClNO5S2/c16-9-4-2-1-3-8(9)7-11-13(20)17(15(23)24-11)10(14(21)22)5-6-12(18)19/h1-4,7,10H,5-6H2,(H,18,19)(H,21,22)/b11-7-/t10-/m0/s1. The molecule has 0 aromatic heterocycles. The molecule has 1 aromatic rings. The molecule has 0 aliphatic carbocycles. The quantitative estimate of drug-likeness (QED) is 0.574. The van der Waals surface area contributed by atoms with Crippen LogP contribution in [0.25, 0.3) is 6.08 Å². The lowest BCUT2D eigenvalue weighted by Gasteiger charge is -2.22. The number of nitrogens with zero attached hydrogens (tertiary/aromatic N) is 1. The summed E-state index contributed by atoms with van der Waals surface area (Å²) >= 11 is 12.1. The van der Waals surface area contributed by atoms with E-state index in [0.29, 0.717) is 10.6 Å². The molecule has 1 aliphatic rings. The van der Waals surface area contributed by atoms with Crippen LogP contribution in [-0.2, 0) is 14.4 Å². The van der Waals surface area contributed by atoms with Gasteiger partial charge in [-0.2, -0.15) is 0 Å². The molecule has 0 unspecified atom stereocenters. The van der Waals surface area contributed by atoms with Crippen LogP contribution in [0.1, 0.15) is 18.4 Å². The van der Waals surface area contributed by atoms with Crippen LogP contribution >= 0.6 is 35.6 Å². The molecule has 1 amide bonds. The fraction of sp³-hybridized carbons (Fsp3) is 0.200. The fourth-order valence-corrected chi connectivity index (χ4v) is 3.64. The number of benzene rings is 1. The summed E-state index contributed by atoms with van der Waals surface area (Å²) in [6.45, 7) is 0. The van der Waals surface area contributed by atoms with Crippen LogP contribution in [0.3, 0.4) is 0 Å². The minimum absolute atomic E-state index is 0.0797. The molecule has 1 heterocycles. The molecule has 1 saturated heterocycles. The Balaban J connectivity index is 2.28. The Morgan fingerprint density at radius 2 is 2.00 bits per heavy atom. The molecule has 2 N–H and O–H groups in total. The maximum atomic E-state index is 12.5. The minimum atomic E-state index is -1.31. The van der Waals surface area contributed by atoms with Gasteiger partial charge in [0.05, 0.1) is 4.91 Å². The molecule has 2 rings (SSSR count). The normalized spacial score (nSPS) is 17.4. The second-order valence-corrected chi connectivity index (χ2v) is 6.94. The van der Waals surface area contributed by atoms with E-state index >= 15 is 0 Å². The SMILES string of the molecule is O=C(O)CC[C@@H](C(=O)O)N1C(=O)/C(=C/c2ccccc2Cl)SC1=S. The highest BCUT2D eigenvalue weighted by molar-refractivity contribution is 8.26. The number of carboxylic acids is 2. The monoisotopic (exact) mass is 385 g/mol. The molecule has 1 fully saturated rings. The summed E-state index contributed by atoms with van der Waals surface area (Å²) in [5.74, 6) is -3.01. The Labute approximate surface area is 152 Å². The predicted molar refractivity (Wildman–Crippen MR) is 94.8 cm³/mol. The topological polar surface area (TPSA) is 94.9 Å². The van der Waals surface area contributed by atoms with Gasteiger partial charge >= 0.3 is 11.9 Å². The first-order chi connectivity index (χ1) is 11.3. The lowest BCUT2D eigenvalue weighted by atomic mass is 10.1. The number of carbonyl (C=O) groups is 3. The third kappa shape index (κ3) is 4.14. The highest BCUT2D eigenvalue weighted by atomic mass is 35.5. The number of hydrogen-bond donors (Lipinski definition) is 2. The van der Waals surface area contributed by atoms with E-state index in [2.05, 4.69) is 0 Å². The first-order valence-corrected chi connectivity index (χ1v) is 8.37. The van der Waals surface area contributed by atoms with Crippen molar-refractivity contribution in [3.8, 4) is 0 Å². The largest absolute Gasteiger partial charge is 0.481 e. The average molecular weight is 386 g/mol. The van der Waals surface area contributed by atoms with Gasteiger partial charge in [0.1, 0.15) is 10.4 Å². The summed E-state index contributed by atoms with van der Waals surface area (Å²) < 4.78 is 0.0797. The van der Waals surface area contributed by atoms with E-state index in [9.17, 15) is 19.5 Å². The summed E-state index contributed by atoms with van der Waals surface area (Å²) in [5.41, 5.74) is 0.608. The molecule has 1 aliphatic heterocycles. The number of carboxylic acid groups (broad SMARTS) is 2. The number of hydrogen-bond acceptors (Lipinski definition) is 5. The Bertz CT molecular complexity index is 749. The summed E-state index contributed by atoms with van der Waals surface area (Å²) in [5, 5.41) is 18.5. The Kier molecular flexibility index (Phi) is 5.98. The van der Waals surface area contributed by atoms with Gasteiger partial charge in [-0.3, -0.25) is 14.5 Å². The zero-order chi connectivity index (χ0) is 17.9. The van der Waals surface area contributed by atoms with Crippen LogP contribution in [-0.4, -0.2) is 43.3 Å². The van der Waals surface area contributed by atoms with Crippen molar-refractivity contribution >= 4 is 63.8 Å². The van der Waals surface area contributed by atoms with Crippen LogP contribution in [0.15, 0.2) is 29.2 Å². The molecule has 1 aromatic carbocycles. The summed E-state index contributed by atoms with van der Waals surface area (Å²) in [4.78, 5) is 35.8. The molecule has 6 nitrogen and oxygen atoms in total. The van der Waals surface area contributed by atoms with Crippen LogP contribution in [0, 0.1) is 0 Å². The first kappa shape index (κ1) is 18.4. The van der Waals surface area contributed by atoms with E-state index in [1.807, 2.05) is 0 Å². The van der Waals surface area contributed by atoms with Gasteiger partial charge in [0.15, 0.2) is 0 Å². The molecule has 1 atom stereocenters. The minimum Gasteiger partial charge on any atom is -0.481 e. The molecule has 24 heavy (non-hydrogen) atoms. The predicted octanol–water partition coefficient (Wildman–Crippen LogP) is 2.86. The highest BCUT2D eigenvalue weighted by Crippen LogP contribution is 2.35. The lowest BCUT2D eigenvalue weighted by molar-refractivity contribution is -0.146. The zero-order valence-corrected chi connectivity index (χ0v) is 14.5. The van der Waals surface area contributed by atoms with Crippen molar-refractivity contribution in [1.82, 2.24) is 4.90 Å². The molecular formula is C15H12ClNO5S2. The maximum Gasteiger partial charge on any atom is 0.326 e. The van der Waals surface area contributed by atoms with Crippen molar-refractivity contribution < 1.29 is 24.6 Å². The van der Waals surface area contributed by atoms with Gasteiger partial charge in [-0.15, -0.1) is 0 Å². The Morgan fingerprint density at radius 1 is 1.33 bits per heavy atom. The number of halogens is 1. The van der Waals surface area contributed by atoms with Gasteiger partial charge in [0, 0.05) is 11.4 Å². The van der Waals surface area contributed by atoms with Crippen LogP contribution in [0.5, 0.6) is 0 Å². The van der Waals surface area contributed by atoms with Crippen molar-refractivity contribution in [2.45, 2.75) is 18.9 Å². The third-order valence-corrected chi connectivity index (χ3v) is 4.92. The number of thioether (sulfide) groups is 1. The van der Waals surface area contributed by atoms with Crippen molar-refractivity contribution in [3.05, 3.63) is 39.8 Å². The fourth-order valence-electron chi connectivity index (χ4n) is 2.11. The van der Waals surface area contributed by atoms with Crippen LogP contribution < -0.4 is 0 Å². The summed E-state index contributed by atoms with van der Waals surface area (Å²) in [6, 6.07) is 5.57. The van der Waals surface area contributed by atoms with Gasteiger partial charge in [0.2, 0.25) is 0 Å². The summed E-state index contributed by atoms with van der Waals surface area (Å²) in [6.07, 6.45) is 0.936. The Hall–Kier alpha value is -1.90. The molecule has 0 spiro atoms. The van der Waals surface area contributed by atoms with E-state index in [-0.39, 0.29) is 22.1 Å². The highest BCUT2D eigenvalue weighted by Gasteiger charge is 2.40. The number of aliphatic carboxylic acids is 2. The first-order valence-electron chi connectivity index (χ1n) is 6.77. The van der Waals surface area contributed by atoms with Gasteiger partial charge < -0.3 is 10.2 Å². The lowest BCUT2D eigenvalue weighted by Crippen LogP contribution is -2.44. The smallest absolute Gasteiger partial charge is 0.326 e. The zero-order valence-electron chi connectivity index (χ0n) is 12.1. The van der Waals surface area contributed by atoms with Gasteiger partial charge in [-0.05, 0) is 24.1 Å². The number of carbonyl (C=O) groups excluding carboxylic acids is 1. The van der Waals surface area contributed by atoms with Crippen molar-refractivity contribution in [1.29, 1.82) is 0 Å². The molecule has 126 valence electrons. The molecular weight excluding hydrogens is 374 g/mol. The molecule has 0 saturated carbocycles. The van der Waals surface area contributed by atoms with Crippen molar-refractivity contribution in [3.63, 3.8) is 0 Å². The van der Waals surface area contributed by atoms with E-state index < -0.39 is 23.9 Å². The third-order valence-electron chi connectivity index (χ3n) is 3.24. The maximum absolute atomic E-state index is 12.5. The molecule has 0 radical (unpaired) electrons. The van der Waals surface area contributed by atoms with E-state index in [1.54, 1.807) is 24.3 Å². The van der Waals surface area contributed by atoms with Crippen molar-refractivity contribution in [2.75, 3.05) is 0 Å².